The van der Waals surface area contributed by atoms with Gasteiger partial charge in [0.2, 0.25) is 0 Å². The molecule has 3 rings (SSSR count). The zero-order valence-electron chi connectivity index (χ0n) is 13.3. The summed E-state index contributed by atoms with van der Waals surface area (Å²) >= 11 is 0. The van der Waals surface area contributed by atoms with Crippen LogP contribution in [0.3, 0.4) is 0 Å². The molecule has 114 valence electrons. The summed E-state index contributed by atoms with van der Waals surface area (Å²) in [7, 11) is 2.14. The molecule has 0 aliphatic carbocycles. The zero-order valence-corrected chi connectivity index (χ0v) is 13.3. The van der Waals surface area contributed by atoms with E-state index in [4.69, 9.17) is 0 Å². The van der Waals surface area contributed by atoms with Crippen molar-refractivity contribution in [1.82, 2.24) is 0 Å². The number of hydrogen-bond acceptors (Lipinski definition) is 1. The standard InChI is InChI=1S/C22H21N/c1-23(21-15-9-4-10-16-21)22(20-13-7-3-8-14-20)18-17-19-11-5-2-6-12-19/h2-18,22H,1H3/b18-17+/t22-/m1/s1. The lowest BCUT2D eigenvalue weighted by Gasteiger charge is -2.28. The molecule has 1 atom stereocenters. The van der Waals surface area contributed by atoms with Crippen molar-refractivity contribution in [1.29, 1.82) is 0 Å². The van der Waals surface area contributed by atoms with Gasteiger partial charge >= 0.3 is 0 Å². The van der Waals surface area contributed by atoms with E-state index in [0.29, 0.717) is 0 Å². The number of nitrogens with zero attached hydrogens (tertiary/aromatic N) is 1. The van der Waals surface area contributed by atoms with Gasteiger partial charge in [0.05, 0.1) is 6.04 Å². The van der Waals surface area contributed by atoms with Crippen molar-refractivity contribution in [2.24, 2.45) is 0 Å². The van der Waals surface area contributed by atoms with Crippen LogP contribution in [0.25, 0.3) is 6.08 Å². The van der Waals surface area contributed by atoms with E-state index in [0.717, 1.165) is 0 Å². The lowest BCUT2D eigenvalue weighted by Crippen LogP contribution is -2.22. The van der Waals surface area contributed by atoms with E-state index in [-0.39, 0.29) is 6.04 Å². The van der Waals surface area contributed by atoms with Crippen LogP contribution in [0.1, 0.15) is 17.2 Å². The van der Waals surface area contributed by atoms with E-state index in [1.165, 1.54) is 16.8 Å². The molecule has 0 saturated heterocycles. The van der Waals surface area contributed by atoms with Gasteiger partial charge in [0.25, 0.3) is 0 Å². The Morgan fingerprint density at radius 1 is 0.696 bits per heavy atom. The van der Waals surface area contributed by atoms with E-state index >= 15 is 0 Å². The third kappa shape index (κ3) is 3.89. The highest BCUT2D eigenvalue weighted by Crippen LogP contribution is 2.27. The molecule has 3 aromatic carbocycles. The van der Waals surface area contributed by atoms with Crippen molar-refractivity contribution < 1.29 is 0 Å². The molecule has 0 aliphatic rings. The first-order valence-corrected chi connectivity index (χ1v) is 7.91. The number of likely N-dealkylation sites (N-methyl/N-ethyl adjacent to an activating group) is 1. The molecule has 0 aromatic heterocycles. The average molecular weight is 299 g/mol. The molecule has 0 bridgehead atoms. The average Bonchev–Trinajstić information content (AvgIpc) is 2.64. The first-order valence-electron chi connectivity index (χ1n) is 7.91. The van der Waals surface area contributed by atoms with Gasteiger partial charge < -0.3 is 4.90 Å². The minimum Gasteiger partial charge on any atom is -0.364 e. The second-order valence-corrected chi connectivity index (χ2v) is 5.57. The van der Waals surface area contributed by atoms with Crippen LogP contribution in [0.2, 0.25) is 0 Å². The molecule has 0 unspecified atom stereocenters. The fraction of sp³-hybridized carbons (Fsp3) is 0.0909. The van der Waals surface area contributed by atoms with E-state index in [9.17, 15) is 0 Å². The largest absolute Gasteiger partial charge is 0.364 e. The summed E-state index contributed by atoms with van der Waals surface area (Å²) in [5.41, 5.74) is 3.71. The summed E-state index contributed by atoms with van der Waals surface area (Å²) in [5.74, 6) is 0. The molecule has 0 heterocycles. The van der Waals surface area contributed by atoms with Crippen LogP contribution < -0.4 is 4.90 Å². The normalized spacial score (nSPS) is 12.2. The van der Waals surface area contributed by atoms with Crippen molar-refractivity contribution in [3.8, 4) is 0 Å². The highest BCUT2D eigenvalue weighted by atomic mass is 15.1. The van der Waals surface area contributed by atoms with Crippen LogP contribution >= 0.6 is 0 Å². The van der Waals surface area contributed by atoms with Crippen LogP contribution in [0.4, 0.5) is 5.69 Å². The van der Waals surface area contributed by atoms with Crippen LogP contribution in [-0.4, -0.2) is 7.05 Å². The maximum Gasteiger partial charge on any atom is 0.0726 e. The van der Waals surface area contributed by atoms with Gasteiger partial charge in [-0.15, -0.1) is 0 Å². The quantitative estimate of drug-likeness (QED) is 0.594. The molecule has 1 nitrogen and oxygen atoms in total. The lowest BCUT2D eigenvalue weighted by molar-refractivity contribution is 0.813. The van der Waals surface area contributed by atoms with E-state index < -0.39 is 0 Å². The van der Waals surface area contributed by atoms with Gasteiger partial charge in [-0.3, -0.25) is 0 Å². The summed E-state index contributed by atoms with van der Waals surface area (Å²) in [6.07, 6.45) is 4.45. The van der Waals surface area contributed by atoms with Crippen molar-refractivity contribution in [3.05, 3.63) is 108 Å². The van der Waals surface area contributed by atoms with Crippen LogP contribution in [0, 0.1) is 0 Å². The highest BCUT2D eigenvalue weighted by molar-refractivity contribution is 5.55. The highest BCUT2D eigenvalue weighted by Gasteiger charge is 2.14. The van der Waals surface area contributed by atoms with Crippen molar-refractivity contribution in [2.75, 3.05) is 11.9 Å². The fourth-order valence-electron chi connectivity index (χ4n) is 2.70. The second kappa shape index (κ2) is 7.46. The number of anilines is 1. The SMILES string of the molecule is CN(c1ccccc1)[C@H](/C=C/c1ccccc1)c1ccccc1. The lowest BCUT2D eigenvalue weighted by atomic mass is 10.0. The second-order valence-electron chi connectivity index (χ2n) is 5.57. The smallest absolute Gasteiger partial charge is 0.0726 e. The first-order chi connectivity index (χ1) is 11.3. The third-order valence-electron chi connectivity index (χ3n) is 3.99. The number of benzene rings is 3. The van der Waals surface area contributed by atoms with Crippen molar-refractivity contribution in [3.63, 3.8) is 0 Å². The Morgan fingerprint density at radius 3 is 1.83 bits per heavy atom. The van der Waals surface area contributed by atoms with Crippen LogP contribution in [0.15, 0.2) is 97.1 Å². The van der Waals surface area contributed by atoms with Crippen molar-refractivity contribution in [2.45, 2.75) is 6.04 Å². The molecule has 23 heavy (non-hydrogen) atoms. The molecule has 0 spiro atoms. The molecular weight excluding hydrogens is 278 g/mol. The van der Waals surface area contributed by atoms with Gasteiger partial charge in [0, 0.05) is 12.7 Å². The monoisotopic (exact) mass is 299 g/mol. The van der Waals surface area contributed by atoms with Gasteiger partial charge in [0.15, 0.2) is 0 Å². The van der Waals surface area contributed by atoms with Crippen LogP contribution in [0.5, 0.6) is 0 Å². The molecule has 0 fully saturated rings. The molecule has 0 amide bonds. The predicted octanol–water partition coefficient (Wildman–Crippen LogP) is 5.58. The van der Waals surface area contributed by atoms with Gasteiger partial charge in [-0.1, -0.05) is 91.0 Å². The molecule has 3 aromatic rings. The zero-order chi connectivity index (χ0) is 15.9. The Balaban J connectivity index is 1.93. The Morgan fingerprint density at radius 2 is 1.22 bits per heavy atom. The molecule has 1 heteroatoms. The molecular formula is C22H21N. The summed E-state index contributed by atoms with van der Waals surface area (Å²) in [6.45, 7) is 0. The van der Waals surface area contributed by atoms with Gasteiger partial charge in [-0.05, 0) is 23.3 Å². The van der Waals surface area contributed by atoms with Gasteiger partial charge in [0.1, 0.15) is 0 Å². The first kappa shape index (κ1) is 15.1. The van der Waals surface area contributed by atoms with Gasteiger partial charge in [-0.25, -0.2) is 0 Å². The summed E-state index contributed by atoms with van der Waals surface area (Å²) < 4.78 is 0. The van der Waals surface area contributed by atoms with Gasteiger partial charge in [-0.2, -0.15) is 0 Å². The fourth-order valence-corrected chi connectivity index (χ4v) is 2.70. The maximum absolute atomic E-state index is 2.30. The van der Waals surface area contributed by atoms with Crippen LogP contribution in [-0.2, 0) is 0 Å². The molecule has 0 N–H and O–H groups in total. The molecule has 0 aliphatic heterocycles. The third-order valence-corrected chi connectivity index (χ3v) is 3.99. The number of hydrogen-bond donors (Lipinski definition) is 0. The minimum atomic E-state index is 0.193. The maximum atomic E-state index is 2.30. The Labute approximate surface area is 138 Å². The summed E-state index contributed by atoms with van der Waals surface area (Å²) in [4.78, 5) is 2.30. The Hall–Kier alpha value is -2.80. The Kier molecular flexibility index (Phi) is 4.90. The Bertz CT molecular complexity index is 733. The molecule has 0 radical (unpaired) electrons. The predicted molar refractivity (Wildman–Crippen MR) is 99.5 cm³/mol. The van der Waals surface area contributed by atoms with E-state index in [1.807, 2.05) is 6.07 Å². The molecule has 0 saturated carbocycles. The summed E-state index contributed by atoms with van der Waals surface area (Å²) in [5, 5.41) is 0. The van der Waals surface area contributed by atoms with E-state index in [1.54, 1.807) is 0 Å². The number of rotatable bonds is 5. The van der Waals surface area contributed by atoms with E-state index in [2.05, 4.69) is 109 Å². The summed E-state index contributed by atoms with van der Waals surface area (Å²) in [6, 6.07) is 31.7. The number of para-hydroxylation sites is 1. The topological polar surface area (TPSA) is 3.24 Å². The minimum absolute atomic E-state index is 0.193. The van der Waals surface area contributed by atoms with Crippen molar-refractivity contribution >= 4 is 11.8 Å².